The first-order valence-electron chi connectivity index (χ1n) is 4.78. The summed E-state index contributed by atoms with van der Waals surface area (Å²) in [5.41, 5.74) is 0. The second-order valence-electron chi connectivity index (χ2n) is 3.21. The normalized spacial score (nSPS) is 12.4. The molecule has 0 unspecified atom stereocenters. The van der Waals surface area contributed by atoms with Crippen molar-refractivity contribution in [2.24, 2.45) is 0 Å². The molecule has 0 amide bonds. The van der Waals surface area contributed by atoms with Crippen LogP contribution in [0.2, 0.25) is 0 Å². The van der Waals surface area contributed by atoms with Crippen LogP contribution in [0.3, 0.4) is 0 Å². The van der Waals surface area contributed by atoms with E-state index in [1.54, 1.807) is 12.1 Å². The van der Waals surface area contributed by atoms with E-state index in [1.807, 2.05) is 12.1 Å². The summed E-state index contributed by atoms with van der Waals surface area (Å²) in [7, 11) is 0. The van der Waals surface area contributed by atoms with Crippen LogP contribution in [-0.2, 0) is 0 Å². The fraction of sp³-hybridized carbons (Fsp3) is 0.455. The zero-order valence-corrected chi connectivity index (χ0v) is 11.3. The zero-order valence-electron chi connectivity index (χ0n) is 9.14. The van der Waals surface area contributed by atoms with Gasteiger partial charge in [0.15, 0.2) is 0 Å². The molecule has 1 rings (SSSR count). The van der Waals surface area contributed by atoms with E-state index < -0.39 is 32.6 Å². The van der Waals surface area contributed by atoms with E-state index in [2.05, 4.69) is 16.6 Å². The summed E-state index contributed by atoms with van der Waals surface area (Å²) in [6.45, 7) is 0.910. The number of hydrogen-bond donors (Lipinski definition) is 0. The maximum atomic E-state index is 11.9. The molecule has 0 heterocycles. The Morgan fingerprint density at radius 2 is 1.75 bits per heavy atom. The summed E-state index contributed by atoms with van der Waals surface area (Å²) in [4.78, 5) is 2.23. The Hall–Kier alpha value is -0.460. The molecule has 0 atom stereocenters. The molecule has 16 heavy (non-hydrogen) atoms. The molecule has 5 heteroatoms. The molecular weight excluding hydrogens is 332 g/mol. The van der Waals surface area contributed by atoms with Crippen molar-refractivity contribution < 1.29 is 17.9 Å². The Labute approximate surface area is 100 Å². The molecular formula is C11H14F3IO. The van der Waals surface area contributed by atoms with Crippen LogP contribution in [0.15, 0.2) is 24.3 Å². The fourth-order valence-electron chi connectivity index (χ4n) is 1.07. The molecule has 0 bridgehead atoms. The monoisotopic (exact) mass is 346 g/mol. The van der Waals surface area contributed by atoms with Crippen molar-refractivity contribution in [1.82, 2.24) is 0 Å². The van der Waals surface area contributed by atoms with Gasteiger partial charge in [-0.15, -0.1) is 0 Å². The van der Waals surface area contributed by atoms with Crippen molar-refractivity contribution in [3.05, 3.63) is 27.8 Å². The summed E-state index contributed by atoms with van der Waals surface area (Å²) in [6.07, 6.45) is -4.27. The molecule has 1 aromatic rings. The molecule has 0 fully saturated rings. The summed E-state index contributed by atoms with van der Waals surface area (Å²) in [6, 6.07) is 6.98. The van der Waals surface area contributed by atoms with Crippen LogP contribution in [0.25, 0.3) is 0 Å². The third-order valence-electron chi connectivity index (χ3n) is 1.99. The van der Waals surface area contributed by atoms with Crippen LogP contribution >= 0.6 is 19.8 Å². The number of benzene rings is 1. The Balaban J connectivity index is 2.58. The van der Waals surface area contributed by atoms with E-state index in [1.165, 1.54) is 3.57 Å². The number of rotatable bonds is 4. The van der Waals surface area contributed by atoms with Crippen LogP contribution < -0.4 is 4.74 Å². The van der Waals surface area contributed by atoms with E-state index in [9.17, 15) is 13.2 Å². The van der Waals surface area contributed by atoms with Gasteiger partial charge in [0.1, 0.15) is 0 Å². The zero-order chi connectivity index (χ0) is 12.2. The van der Waals surface area contributed by atoms with Crippen LogP contribution in [0.1, 0.15) is 6.92 Å². The molecule has 0 radical (unpaired) electrons. The van der Waals surface area contributed by atoms with Crippen molar-refractivity contribution in [2.75, 3.05) is 16.0 Å². The van der Waals surface area contributed by atoms with Gasteiger partial charge in [-0.1, -0.05) is 0 Å². The average molecular weight is 346 g/mol. The van der Waals surface area contributed by atoms with Gasteiger partial charge in [-0.3, -0.25) is 0 Å². The minimum atomic E-state index is -4.27. The number of ether oxygens (including phenoxy) is 1. The van der Waals surface area contributed by atoms with Gasteiger partial charge in [0, 0.05) is 0 Å². The Morgan fingerprint density at radius 1 is 1.19 bits per heavy atom. The molecule has 0 spiro atoms. The van der Waals surface area contributed by atoms with E-state index in [-0.39, 0.29) is 5.75 Å². The van der Waals surface area contributed by atoms with E-state index >= 15 is 0 Å². The molecule has 0 aliphatic heterocycles. The van der Waals surface area contributed by atoms with E-state index in [0.717, 1.165) is 4.43 Å². The molecule has 0 aliphatic rings. The quantitative estimate of drug-likeness (QED) is 0.593. The number of alkyl halides is 5. The second kappa shape index (κ2) is 5.75. The SMILES string of the molecule is CCI(C)c1ccc(OCC(F)(F)F)cc1. The van der Waals surface area contributed by atoms with Gasteiger partial charge >= 0.3 is 100 Å². The predicted octanol–water partition coefficient (Wildman–Crippen LogP) is 3.95. The van der Waals surface area contributed by atoms with Crippen molar-refractivity contribution in [2.45, 2.75) is 13.1 Å². The Bertz CT molecular complexity index is 321. The molecule has 0 aliphatic carbocycles. The van der Waals surface area contributed by atoms with Gasteiger partial charge in [0.2, 0.25) is 0 Å². The van der Waals surface area contributed by atoms with Gasteiger partial charge in [-0.25, -0.2) is 0 Å². The summed E-state index contributed by atoms with van der Waals surface area (Å²) in [5, 5.41) is 0. The van der Waals surface area contributed by atoms with Crippen LogP contribution in [-0.4, -0.2) is 22.1 Å². The van der Waals surface area contributed by atoms with Crippen molar-refractivity contribution in [3.8, 4) is 5.75 Å². The van der Waals surface area contributed by atoms with Crippen molar-refractivity contribution >= 4 is 19.8 Å². The van der Waals surface area contributed by atoms with E-state index in [4.69, 9.17) is 0 Å². The maximum absolute atomic E-state index is 11.9. The van der Waals surface area contributed by atoms with Crippen LogP contribution in [0.5, 0.6) is 5.75 Å². The van der Waals surface area contributed by atoms with Gasteiger partial charge in [0.25, 0.3) is 0 Å². The van der Waals surface area contributed by atoms with Gasteiger partial charge in [-0.05, 0) is 0 Å². The number of hydrogen-bond acceptors (Lipinski definition) is 1. The van der Waals surface area contributed by atoms with Gasteiger partial charge in [-0.2, -0.15) is 0 Å². The summed E-state index contributed by atoms with van der Waals surface area (Å²) in [5.74, 6) is 0.279. The first-order chi connectivity index (χ1) is 7.42. The molecule has 1 aromatic carbocycles. The molecule has 0 N–H and O–H groups in total. The molecule has 1 nitrogen and oxygen atoms in total. The molecule has 0 aromatic heterocycles. The van der Waals surface area contributed by atoms with Crippen molar-refractivity contribution in [1.29, 1.82) is 0 Å². The predicted molar refractivity (Wildman–Crippen MR) is 67.2 cm³/mol. The van der Waals surface area contributed by atoms with E-state index in [0.29, 0.717) is 0 Å². The van der Waals surface area contributed by atoms with Crippen LogP contribution in [0.4, 0.5) is 13.2 Å². The first-order valence-corrected chi connectivity index (χ1v) is 9.54. The van der Waals surface area contributed by atoms with Crippen molar-refractivity contribution in [3.63, 3.8) is 0 Å². The molecule has 0 saturated carbocycles. The van der Waals surface area contributed by atoms with Gasteiger partial charge < -0.3 is 0 Å². The topological polar surface area (TPSA) is 9.23 Å². The average Bonchev–Trinajstić information content (AvgIpc) is 2.25. The number of halogens is 4. The van der Waals surface area contributed by atoms with Gasteiger partial charge in [0.05, 0.1) is 0 Å². The first kappa shape index (κ1) is 13.6. The molecule has 0 saturated heterocycles. The summed E-state index contributed by atoms with van der Waals surface area (Å²) >= 11 is -1.06. The molecule has 92 valence electrons. The summed E-state index contributed by atoms with van der Waals surface area (Å²) < 4.78 is 42.7. The standard InChI is InChI=1S/C11H14F3IO/c1-3-15(2)9-4-6-10(7-5-9)16-8-11(12,13)14/h4-7H,3,8H2,1-2H3. The third kappa shape index (κ3) is 4.59. The second-order valence-corrected chi connectivity index (χ2v) is 9.35. The minimum absolute atomic E-state index is 0.279. The Kier molecular flexibility index (Phi) is 4.89. The van der Waals surface area contributed by atoms with Crippen LogP contribution in [0, 0.1) is 3.57 Å². The fourth-order valence-corrected chi connectivity index (χ4v) is 3.53. The third-order valence-corrected chi connectivity index (χ3v) is 7.12. The Morgan fingerprint density at radius 3 is 2.19 bits per heavy atom.